The number of benzene rings is 1. The van der Waals surface area contributed by atoms with Crippen LogP contribution in [0.1, 0.15) is 5.56 Å². The number of anilines is 1. The Labute approximate surface area is 173 Å². The lowest BCUT2D eigenvalue weighted by Crippen LogP contribution is -2.40. The lowest BCUT2D eigenvalue weighted by atomic mass is 10.2. The molecule has 3 rings (SSSR count). The smallest absolute Gasteiger partial charge is 0.244 e. The molecule has 28 heavy (non-hydrogen) atoms. The van der Waals surface area contributed by atoms with Gasteiger partial charge in [0.1, 0.15) is 4.90 Å². The number of pyridine rings is 1. The summed E-state index contributed by atoms with van der Waals surface area (Å²) in [6.45, 7) is 3.29. The fourth-order valence-electron chi connectivity index (χ4n) is 2.61. The zero-order valence-electron chi connectivity index (χ0n) is 15.2. The molecule has 10 heteroatoms. The molecule has 0 bridgehead atoms. The molecule has 0 radical (unpaired) electrons. The van der Waals surface area contributed by atoms with Crippen molar-refractivity contribution in [2.45, 2.75) is 16.8 Å². The van der Waals surface area contributed by atoms with Gasteiger partial charge in [0.2, 0.25) is 15.9 Å². The Balaban J connectivity index is 1.58. The molecule has 0 unspecified atom stereocenters. The van der Waals surface area contributed by atoms with Crippen molar-refractivity contribution in [3.63, 3.8) is 0 Å². The molecule has 7 nitrogen and oxygen atoms in total. The molecule has 2 heterocycles. The van der Waals surface area contributed by atoms with Crippen LogP contribution in [0.25, 0.3) is 0 Å². The van der Waals surface area contributed by atoms with Gasteiger partial charge in [-0.2, -0.15) is 4.31 Å². The molecule has 2 aromatic rings. The van der Waals surface area contributed by atoms with Gasteiger partial charge in [0.15, 0.2) is 0 Å². The highest BCUT2D eigenvalue weighted by Crippen LogP contribution is 2.24. The highest BCUT2D eigenvalue weighted by Gasteiger charge is 2.26. The number of halogens is 1. The van der Waals surface area contributed by atoms with E-state index in [9.17, 15) is 13.2 Å². The molecule has 150 valence electrons. The van der Waals surface area contributed by atoms with Crippen LogP contribution in [-0.4, -0.2) is 55.7 Å². The Kier molecular flexibility index (Phi) is 6.95. The molecular weight excluding hydrogens is 422 g/mol. The Hall–Kier alpha value is -1.65. The van der Waals surface area contributed by atoms with Crippen LogP contribution >= 0.6 is 23.4 Å². The summed E-state index contributed by atoms with van der Waals surface area (Å²) >= 11 is 7.28. The zero-order chi connectivity index (χ0) is 20.1. The largest absolute Gasteiger partial charge is 0.379 e. The lowest BCUT2D eigenvalue weighted by molar-refractivity contribution is -0.113. The van der Waals surface area contributed by atoms with E-state index in [0.717, 1.165) is 5.56 Å². The zero-order valence-corrected chi connectivity index (χ0v) is 17.6. The van der Waals surface area contributed by atoms with Crippen LogP contribution < -0.4 is 5.32 Å². The van der Waals surface area contributed by atoms with Gasteiger partial charge < -0.3 is 10.1 Å². The van der Waals surface area contributed by atoms with Crippen molar-refractivity contribution >= 4 is 45.0 Å². The summed E-state index contributed by atoms with van der Waals surface area (Å²) in [4.78, 5) is 16.5. The third-order valence-corrected chi connectivity index (χ3v) is 7.45. The second-order valence-electron chi connectivity index (χ2n) is 6.10. The number of amides is 1. The number of carbonyl (C=O) groups is 1. The van der Waals surface area contributed by atoms with Gasteiger partial charge in [-0.05, 0) is 36.8 Å². The second kappa shape index (κ2) is 9.23. The predicted octanol–water partition coefficient (Wildman–Crippen LogP) is 2.80. The molecule has 1 aliphatic heterocycles. The first-order chi connectivity index (χ1) is 13.4. The molecular formula is C18H20ClN3O4S2. The van der Waals surface area contributed by atoms with Crippen molar-refractivity contribution < 1.29 is 17.9 Å². The van der Waals surface area contributed by atoms with E-state index < -0.39 is 10.0 Å². The summed E-state index contributed by atoms with van der Waals surface area (Å²) in [5.74, 6) is -0.0451. The number of ether oxygens (including phenoxy) is 1. The van der Waals surface area contributed by atoms with Gasteiger partial charge in [0.05, 0.1) is 24.0 Å². The summed E-state index contributed by atoms with van der Waals surface area (Å²) in [6, 6.07) is 8.44. The quantitative estimate of drug-likeness (QED) is 0.693. The van der Waals surface area contributed by atoms with E-state index in [-0.39, 0.29) is 16.6 Å². The molecule has 0 aliphatic carbocycles. The molecule has 1 aliphatic rings. The van der Waals surface area contributed by atoms with Crippen LogP contribution in [0.4, 0.5) is 5.69 Å². The van der Waals surface area contributed by atoms with Crippen LogP contribution in [-0.2, 0) is 19.6 Å². The van der Waals surface area contributed by atoms with Gasteiger partial charge in [0, 0.05) is 30.0 Å². The van der Waals surface area contributed by atoms with Gasteiger partial charge in [-0.3, -0.25) is 4.79 Å². The number of rotatable bonds is 6. The number of nitrogens with zero attached hydrogens (tertiary/aromatic N) is 2. The second-order valence-corrected chi connectivity index (χ2v) is 9.44. The first-order valence-electron chi connectivity index (χ1n) is 8.59. The van der Waals surface area contributed by atoms with E-state index in [4.69, 9.17) is 16.3 Å². The fraction of sp³-hybridized carbons (Fsp3) is 0.333. The van der Waals surface area contributed by atoms with Gasteiger partial charge >= 0.3 is 0 Å². The molecule has 0 atom stereocenters. The molecule has 1 aromatic carbocycles. The van der Waals surface area contributed by atoms with Gasteiger partial charge in [0.25, 0.3) is 0 Å². The van der Waals surface area contributed by atoms with Gasteiger partial charge in [-0.1, -0.05) is 29.4 Å². The van der Waals surface area contributed by atoms with Crippen molar-refractivity contribution in [2.75, 3.05) is 37.4 Å². The van der Waals surface area contributed by atoms with Crippen LogP contribution in [0.3, 0.4) is 0 Å². The first-order valence-corrected chi connectivity index (χ1v) is 11.4. The number of thioether (sulfide) groups is 1. The highest BCUT2D eigenvalue weighted by molar-refractivity contribution is 7.99. The van der Waals surface area contributed by atoms with Crippen molar-refractivity contribution in [1.29, 1.82) is 0 Å². The summed E-state index contributed by atoms with van der Waals surface area (Å²) in [7, 11) is -3.57. The van der Waals surface area contributed by atoms with Crippen molar-refractivity contribution in [3.05, 3.63) is 47.1 Å². The fourth-order valence-corrected chi connectivity index (χ4v) is 4.78. The number of hydrogen-bond donors (Lipinski definition) is 1. The predicted molar refractivity (Wildman–Crippen MR) is 109 cm³/mol. The van der Waals surface area contributed by atoms with Crippen LogP contribution in [0.15, 0.2) is 46.5 Å². The minimum atomic E-state index is -3.57. The van der Waals surface area contributed by atoms with Crippen LogP contribution in [0.2, 0.25) is 5.02 Å². The van der Waals surface area contributed by atoms with Gasteiger partial charge in [-0.25, -0.2) is 13.4 Å². The number of hydrogen-bond acceptors (Lipinski definition) is 6. The summed E-state index contributed by atoms with van der Waals surface area (Å²) in [6.07, 6.45) is 1.33. The first kappa shape index (κ1) is 21.1. The van der Waals surface area contributed by atoms with E-state index in [1.54, 1.807) is 24.3 Å². The minimum absolute atomic E-state index is 0.137. The standard InChI is InChI=1S/C18H20ClN3O4S2/c1-13-15(19)3-2-4-16(13)21-17(23)12-27-18-6-5-14(11-20-18)28(24,25)22-7-9-26-10-8-22/h2-6,11H,7-10,12H2,1H3,(H,21,23). The number of morpholine rings is 1. The Morgan fingerprint density at radius 3 is 2.71 bits per heavy atom. The molecule has 1 aromatic heterocycles. The Bertz CT molecular complexity index is 946. The molecule has 1 amide bonds. The maximum Gasteiger partial charge on any atom is 0.244 e. The van der Waals surface area contributed by atoms with Crippen molar-refractivity contribution in [2.24, 2.45) is 0 Å². The number of sulfonamides is 1. The molecule has 1 N–H and O–H groups in total. The Morgan fingerprint density at radius 1 is 1.29 bits per heavy atom. The highest BCUT2D eigenvalue weighted by atomic mass is 35.5. The monoisotopic (exact) mass is 441 g/mol. The molecule has 1 fully saturated rings. The van der Waals surface area contributed by atoms with Crippen LogP contribution in [0.5, 0.6) is 0 Å². The maximum absolute atomic E-state index is 12.6. The number of carbonyl (C=O) groups excluding carboxylic acids is 1. The minimum Gasteiger partial charge on any atom is -0.379 e. The van der Waals surface area contributed by atoms with Crippen molar-refractivity contribution in [1.82, 2.24) is 9.29 Å². The lowest BCUT2D eigenvalue weighted by Gasteiger charge is -2.25. The van der Waals surface area contributed by atoms with E-state index in [1.807, 2.05) is 6.92 Å². The average molecular weight is 442 g/mol. The number of nitrogens with one attached hydrogen (secondary N) is 1. The van der Waals surface area contributed by atoms with E-state index in [0.29, 0.717) is 42.0 Å². The third kappa shape index (κ3) is 5.03. The molecule has 0 saturated carbocycles. The topological polar surface area (TPSA) is 88.6 Å². The molecule has 0 spiro atoms. The normalized spacial score (nSPS) is 15.4. The van der Waals surface area contributed by atoms with E-state index in [1.165, 1.54) is 28.3 Å². The molecule has 1 saturated heterocycles. The van der Waals surface area contributed by atoms with Gasteiger partial charge in [-0.15, -0.1) is 0 Å². The SMILES string of the molecule is Cc1c(Cl)cccc1NC(=O)CSc1ccc(S(=O)(=O)N2CCOCC2)cn1. The Morgan fingerprint density at radius 2 is 2.04 bits per heavy atom. The third-order valence-electron chi connectivity index (χ3n) is 4.21. The average Bonchev–Trinajstić information content (AvgIpc) is 2.71. The summed E-state index contributed by atoms with van der Waals surface area (Å²) in [5.41, 5.74) is 1.47. The van der Waals surface area contributed by atoms with Crippen molar-refractivity contribution in [3.8, 4) is 0 Å². The summed E-state index contributed by atoms with van der Waals surface area (Å²) in [5, 5.41) is 3.97. The number of aromatic nitrogens is 1. The maximum atomic E-state index is 12.6. The summed E-state index contributed by atoms with van der Waals surface area (Å²) < 4.78 is 31.7. The van der Waals surface area contributed by atoms with E-state index in [2.05, 4.69) is 10.3 Å². The van der Waals surface area contributed by atoms with Crippen LogP contribution in [0, 0.1) is 6.92 Å². The van der Waals surface area contributed by atoms with E-state index >= 15 is 0 Å².